The number of rotatable bonds is 0. The fourth-order valence-corrected chi connectivity index (χ4v) is 2.99. The lowest BCUT2D eigenvalue weighted by atomic mass is 9.90. The molecule has 1 aromatic heterocycles. The van der Waals surface area contributed by atoms with Crippen LogP contribution >= 0.6 is 0 Å². The molecule has 0 unspecified atom stereocenters. The molecule has 0 amide bonds. The summed E-state index contributed by atoms with van der Waals surface area (Å²) in [6.45, 7) is 8.25. The van der Waals surface area contributed by atoms with E-state index in [0.29, 0.717) is 12.1 Å². The summed E-state index contributed by atoms with van der Waals surface area (Å²) in [6.07, 6.45) is 2.43. The number of aromatic nitrogens is 1. The Morgan fingerprint density at radius 1 is 1.38 bits per heavy atom. The van der Waals surface area contributed by atoms with Gasteiger partial charge in [-0.25, -0.2) is 0 Å². The minimum Gasteiger partial charge on any atom is -0.360 e. The number of ether oxygens (including phenoxy) is 1. The molecule has 1 aliphatic heterocycles. The SMILES string of the molecule is CC1(C)Cc2cc3n(c2C1)CCNCOC3. The lowest BCUT2D eigenvalue weighted by molar-refractivity contribution is 0.0909. The predicted molar refractivity (Wildman–Crippen MR) is 63.3 cm³/mol. The highest BCUT2D eigenvalue weighted by Crippen LogP contribution is 2.38. The van der Waals surface area contributed by atoms with Crippen molar-refractivity contribution in [2.24, 2.45) is 5.41 Å². The summed E-state index contributed by atoms with van der Waals surface area (Å²) in [5.74, 6) is 0. The molecule has 0 spiro atoms. The first-order chi connectivity index (χ1) is 7.66. The third-order valence-electron chi connectivity index (χ3n) is 3.67. The maximum absolute atomic E-state index is 5.56. The highest BCUT2D eigenvalue weighted by Gasteiger charge is 2.32. The van der Waals surface area contributed by atoms with Crippen molar-refractivity contribution < 1.29 is 4.74 Å². The van der Waals surface area contributed by atoms with Crippen LogP contribution in [-0.4, -0.2) is 17.8 Å². The Balaban J connectivity index is 1.96. The zero-order valence-electron chi connectivity index (χ0n) is 10.2. The summed E-state index contributed by atoms with van der Waals surface area (Å²) in [6, 6.07) is 2.36. The van der Waals surface area contributed by atoms with E-state index in [4.69, 9.17) is 4.74 Å². The van der Waals surface area contributed by atoms with Gasteiger partial charge in [-0.1, -0.05) is 13.8 Å². The third-order valence-corrected chi connectivity index (χ3v) is 3.67. The Labute approximate surface area is 96.8 Å². The number of hydrogen-bond donors (Lipinski definition) is 1. The number of hydrogen-bond acceptors (Lipinski definition) is 2. The molecule has 16 heavy (non-hydrogen) atoms. The molecule has 3 rings (SSSR count). The van der Waals surface area contributed by atoms with Gasteiger partial charge in [0.15, 0.2) is 0 Å². The van der Waals surface area contributed by atoms with E-state index in [1.54, 1.807) is 11.3 Å². The monoisotopic (exact) mass is 220 g/mol. The molecule has 2 heterocycles. The molecule has 3 heteroatoms. The molecule has 0 atom stereocenters. The Bertz CT molecular complexity index is 406. The predicted octanol–water partition coefficient (Wildman–Crippen LogP) is 1.69. The standard InChI is InChI=1S/C13H20N2O/c1-13(2)6-10-5-11-8-16-9-14-3-4-15(11)12(10)7-13/h5,14H,3-4,6-9H2,1-2H3. The molecule has 1 aromatic rings. The summed E-state index contributed by atoms with van der Waals surface area (Å²) in [5, 5.41) is 3.29. The van der Waals surface area contributed by atoms with Crippen LogP contribution in [0.25, 0.3) is 0 Å². The fraction of sp³-hybridized carbons (Fsp3) is 0.692. The molecule has 88 valence electrons. The first-order valence-electron chi connectivity index (χ1n) is 6.14. The smallest absolute Gasteiger partial charge is 0.0971 e. The second-order valence-corrected chi connectivity index (χ2v) is 5.77. The van der Waals surface area contributed by atoms with Crippen molar-refractivity contribution in [3.05, 3.63) is 23.0 Å². The molecule has 2 aliphatic rings. The van der Waals surface area contributed by atoms with E-state index < -0.39 is 0 Å². The highest BCUT2D eigenvalue weighted by molar-refractivity contribution is 5.34. The molecule has 1 aliphatic carbocycles. The van der Waals surface area contributed by atoms with Crippen LogP contribution in [0.1, 0.15) is 30.8 Å². The lowest BCUT2D eigenvalue weighted by Gasteiger charge is -2.20. The van der Waals surface area contributed by atoms with Crippen LogP contribution < -0.4 is 5.32 Å². The van der Waals surface area contributed by atoms with Crippen molar-refractivity contribution >= 4 is 0 Å². The molecule has 0 aromatic carbocycles. The number of fused-ring (bicyclic) bond motifs is 3. The van der Waals surface area contributed by atoms with E-state index in [9.17, 15) is 0 Å². The van der Waals surface area contributed by atoms with Gasteiger partial charge in [0.25, 0.3) is 0 Å². The van der Waals surface area contributed by atoms with Crippen LogP contribution in [0.15, 0.2) is 6.07 Å². The number of nitrogens with one attached hydrogen (secondary N) is 1. The quantitative estimate of drug-likeness (QED) is 0.720. The van der Waals surface area contributed by atoms with Gasteiger partial charge in [0.05, 0.1) is 13.3 Å². The molecule has 0 bridgehead atoms. The minimum absolute atomic E-state index is 0.448. The van der Waals surface area contributed by atoms with E-state index >= 15 is 0 Å². The van der Waals surface area contributed by atoms with E-state index in [1.165, 1.54) is 18.5 Å². The summed E-state index contributed by atoms with van der Waals surface area (Å²) >= 11 is 0. The van der Waals surface area contributed by atoms with Gasteiger partial charge in [-0.2, -0.15) is 0 Å². The molecule has 1 N–H and O–H groups in total. The van der Waals surface area contributed by atoms with Crippen LogP contribution in [0.2, 0.25) is 0 Å². The Morgan fingerprint density at radius 2 is 2.25 bits per heavy atom. The van der Waals surface area contributed by atoms with Gasteiger partial charge in [0.2, 0.25) is 0 Å². The summed E-state index contributed by atoms with van der Waals surface area (Å²) in [4.78, 5) is 0. The largest absolute Gasteiger partial charge is 0.360 e. The maximum Gasteiger partial charge on any atom is 0.0971 e. The molecular weight excluding hydrogens is 200 g/mol. The van der Waals surface area contributed by atoms with Gasteiger partial charge >= 0.3 is 0 Å². The third kappa shape index (κ3) is 1.68. The molecule has 3 nitrogen and oxygen atoms in total. The Morgan fingerprint density at radius 3 is 3.12 bits per heavy atom. The van der Waals surface area contributed by atoms with Crippen molar-refractivity contribution in [2.75, 3.05) is 13.3 Å². The van der Waals surface area contributed by atoms with Gasteiger partial charge < -0.3 is 9.30 Å². The zero-order chi connectivity index (χ0) is 11.2. The first-order valence-corrected chi connectivity index (χ1v) is 6.14. The van der Waals surface area contributed by atoms with Crippen molar-refractivity contribution in [2.45, 2.75) is 39.8 Å². The van der Waals surface area contributed by atoms with Crippen LogP contribution in [-0.2, 0) is 30.7 Å². The van der Waals surface area contributed by atoms with E-state index in [-0.39, 0.29) is 0 Å². The topological polar surface area (TPSA) is 26.2 Å². The van der Waals surface area contributed by atoms with E-state index in [2.05, 4.69) is 29.8 Å². The average Bonchev–Trinajstić information content (AvgIpc) is 2.59. The van der Waals surface area contributed by atoms with Crippen molar-refractivity contribution in [3.63, 3.8) is 0 Å². The molecule has 0 fully saturated rings. The zero-order valence-corrected chi connectivity index (χ0v) is 10.2. The Kier molecular flexibility index (Phi) is 2.33. The second-order valence-electron chi connectivity index (χ2n) is 5.77. The molecular formula is C13H20N2O. The van der Waals surface area contributed by atoms with Crippen LogP contribution in [0.4, 0.5) is 0 Å². The summed E-state index contributed by atoms with van der Waals surface area (Å²) < 4.78 is 8.03. The molecule has 0 radical (unpaired) electrons. The van der Waals surface area contributed by atoms with Gasteiger partial charge in [0, 0.05) is 24.5 Å². The van der Waals surface area contributed by atoms with Gasteiger partial charge in [-0.15, -0.1) is 0 Å². The summed E-state index contributed by atoms with van der Waals surface area (Å²) in [7, 11) is 0. The minimum atomic E-state index is 0.448. The van der Waals surface area contributed by atoms with Crippen LogP contribution in [0, 0.1) is 5.41 Å². The highest BCUT2D eigenvalue weighted by atomic mass is 16.5. The van der Waals surface area contributed by atoms with Crippen LogP contribution in [0.3, 0.4) is 0 Å². The van der Waals surface area contributed by atoms with E-state index in [1.807, 2.05) is 0 Å². The van der Waals surface area contributed by atoms with Gasteiger partial charge in [-0.05, 0) is 29.9 Å². The molecule has 0 saturated carbocycles. The summed E-state index contributed by atoms with van der Waals surface area (Å²) in [5.41, 5.74) is 4.91. The van der Waals surface area contributed by atoms with Crippen molar-refractivity contribution in [1.29, 1.82) is 0 Å². The Hall–Kier alpha value is -0.800. The molecule has 0 saturated heterocycles. The average molecular weight is 220 g/mol. The van der Waals surface area contributed by atoms with Gasteiger partial charge in [0.1, 0.15) is 0 Å². The lowest BCUT2D eigenvalue weighted by Crippen LogP contribution is -2.27. The van der Waals surface area contributed by atoms with Gasteiger partial charge in [-0.3, -0.25) is 5.32 Å². The maximum atomic E-state index is 5.56. The van der Waals surface area contributed by atoms with E-state index in [0.717, 1.165) is 19.7 Å². The normalized spacial score (nSPS) is 23.4. The first kappa shape index (κ1) is 10.4. The second kappa shape index (κ2) is 3.60. The van der Waals surface area contributed by atoms with Crippen molar-refractivity contribution in [1.82, 2.24) is 9.88 Å². The fourth-order valence-electron chi connectivity index (χ4n) is 2.99. The van der Waals surface area contributed by atoms with Crippen molar-refractivity contribution in [3.8, 4) is 0 Å². The number of nitrogens with zero attached hydrogens (tertiary/aromatic N) is 1. The van der Waals surface area contributed by atoms with Crippen LogP contribution in [0.5, 0.6) is 0 Å².